The van der Waals surface area contributed by atoms with Crippen molar-refractivity contribution in [2.75, 3.05) is 6.54 Å². The van der Waals surface area contributed by atoms with Gasteiger partial charge < -0.3 is 11.9 Å². The van der Waals surface area contributed by atoms with E-state index in [0.29, 0.717) is 6.54 Å². The molecule has 0 aromatic heterocycles. The van der Waals surface area contributed by atoms with E-state index in [1.54, 1.807) is 6.08 Å². The van der Waals surface area contributed by atoms with Gasteiger partial charge in [0, 0.05) is 6.54 Å². The van der Waals surface area contributed by atoms with Crippen molar-refractivity contribution in [1.29, 1.82) is 0 Å². The Hall–Kier alpha value is -0.600. The minimum atomic E-state index is 0. The molecule has 0 unspecified atom stereocenters. The van der Waals surface area contributed by atoms with Gasteiger partial charge in [0.2, 0.25) is 0 Å². The fourth-order valence-corrected chi connectivity index (χ4v) is 0.319. The maximum absolute atomic E-state index is 5.25. The average Bonchev–Trinajstić information content (AvgIpc) is 1.72. The molecule has 2 nitrogen and oxygen atoms in total. The first kappa shape index (κ1) is 10.4. The van der Waals surface area contributed by atoms with Crippen molar-refractivity contribution in [2.24, 2.45) is 5.73 Å². The molecule has 0 saturated carbocycles. The number of hydrogen-bond acceptors (Lipinski definition) is 2. The van der Waals surface area contributed by atoms with Crippen molar-refractivity contribution >= 4 is 0 Å². The SMILES string of the molecule is C=C/C(=C\C)CN.N. The summed E-state index contributed by atoms with van der Waals surface area (Å²) in [5, 5.41) is 0. The van der Waals surface area contributed by atoms with Crippen molar-refractivity contribution < 1.29 is 0 Å². The molecule has 0 aliphatic rings. The monoisotopic (exact) mass is 114 g/mol. The lowest BCUT2D eigenvalue weighted by Gasteiger charge is -1.88. The number of nitrogens with two attached hydrogens (primary N) is 1. The van der Waals surface area contributed by atoms with Crippen molar-refractivity contribution in [3.63, 3.8) is 0 Å². The Morgan fingerprint density at radius 1 is 1.75 bits per heavy atom. The van der Waals surface area contributed by atoms with E-state index in [-0.39, 0.29) is 6.15 Å². The molecule has 0 radical (unpaired) electrons. The maximum Gasteiger partial charge on any atom is 0.0174 e. The van der Waals surface area contributed by atoms with Crippen LogP contribution in [-0.2, 0) is 0 Å². The van der Waals surface area contributed by atoms with Crippen LogP contribution in [0.3, 0.4) is 0 Å². The molecule has 0 saturated heterocycles. The van der Waals surface area contributed by atoms with E-state index in [2.05, 4.69) is 6.58 Å². The summed E-state index contributed by atoms with van der Waals surface area (Å²) in [4.78, 5) is 0. The largest absolute Gasteiger partial charge is 0.344 e. The van der Waals surface area contributed by atoms with Crippen LogP contribution in [0.2, 0.25) is 0 Å². The number of allylic oxidation sites excluding steroid dienone is 1. The fourth-order valence-electron chi connectivity index (χ4n) is 0.319. The zero-order chi connectivity index (χ0) is 5.70. The van der Waals surface area contributed by atoms with Crippen LogP contribution in [0, 0.1) is 0 Å². The molecule has 0 aromatic carbocycles. The molecule has 0 aromatic rings. The Bertz CT molecular complexity index is 84.5. The van der Waals surface area contributed by atoms with Crippen molar-refractivity contribution in [1.82, 2.24) is 6.15 Å². The third-order valence-electron chi connectivity index (χ3n) is 0.869. The zero-order valence-electron chi connectivity index (χ0n) is 5.35. The molecule has 0 aliphatic heterocycles. The lowest BCUT2D eigenvalue weighted by molar-refractivity contribution is 1.18. The van der Waals surface area contributed by atoms with Crippen LogP contribution in [0.4, 0.5) is 0 Å². The topological polar surface area (TPSA) is 61.0 Å². The second-order valence-electron chi connectivity index (χ2n) is 1.27. The van der Waals surface area contributed by atoms with E-state index >= 15 is 0 Å². The molecule has 0 atom stereocenters. The van der Waals surface area contributed by atoms with Gasteiger partial charge in [-0.25, -0.2) is 0 Å². The second-order valence-corrected chi connectivity index (χ2v) is 1.27. The molecule has 0 amide bonds. The zero-order valence-corrected chi connectivity index (χ0v) is 5.35. The second kappa shape index (κ2) is 6.40. The molecule has 0 heterocycles. The normalized spacial score (nSPS) is 10.0. The maximum atomic E-state index is 5.25. The molecular weight excluding hydrogens is 100 g/mol. The van der Waals surface area contributed by atoms with Gasteiger partial charge in [0.1, 0.15) is 0 Å². The van der Waals surface area contributed by atoms with Gasteiger partial charge in [-0.15, -0.1) is 0 Å². The van der Waals surface area contributed by atoms with Gasteiger partial charge in [0.25, 0.3) is 0 Å². The number of rotatable bonds is 2. The molecule has 0 spiro atoms. The molecule has 0 bridgehead atoms. The van der Waals surface area contributed by atoms with Gasteiger partial charge in [-0.2, -0.15) is 0 Å². The quantitative estimate of drug-likeness (QED) is 0.530. The van der Waals surface area contributed by atoms with Gasteiger partial charge in [0.05, 0.1) is 0 Å². The molecule has 0 rings (SSSR count). The summed E-state index contributed by atoms with van der Waals surface area (Å²) in [6.45, 7) is 6.10. The predicted octanol–water partition coefficient (Wildman–Crippen LogP) is 1.24. The Morgan fingerprint density at radius 2 is 2.25 bits per heavy atom. The molecule has 2 heteroatoms. The molecule has 0 aliphatic carbocycles. The highest BCUT2D eigenvalue weighted by molar-refractivity contribution is 5.15. The summed E-state index contributed by atoms with van der Waals surface area (Å²) in [7, 11) is 0. The third-order valence-corrected chi connectivity index (χ3v) is 0.869. The van der Waals surface area contributed by atoms with Crippen LogP contribution in [-0.4, -0.2) is 6.54 Å². The molecule has 5 N–H and O–H groups in total. The van der Waals surface area contributed by atoms with Gasteiger partial charge >= 0.3 is 0 Å². The smallest absolute Gasteiger partial charge is 0.0174 e. The van der Waals surface area contributed by atoms with E-state index in [9.17, 15) is 0 Å². The predicted molar refractivity (Wildman–Crippen MR) is 38.0 cm³/mol. The van der Waals surface area contributed by atoms with Crippen LogP contribution in [0.25, 0.3) is 0 Å². The third kappa shape index (κ3) is 3.59. The van der Waals surface area contributed by atoms with Crippen LogP contribution >= 0.6 is 0 Å². The summed E-state index contributed by atoms with van der Waals surface area (Å²) < 4.78 is 0. The van der Waals surface area contributed by atoms with Crippen molar-refractivity contribution in [3.8, 4) is 0 Å². The van der Waals surface area contributed by atoms with Gasteiger partial charge in [0.15, 0.2) is 0 Å². The van der Waals surface area contributed by atoms with Crippen LogP contribution in [0.5, 0.6) is 0 Å². The summed E-state index contributed by atoms with van der Waals surface area (Å²) >= 11 is 0. The van der Waals surface area contributed by atoms with Crippen molar-refractivity contribution in [2.45, 2.75) is 6.92 Å². The van der Waals surface area contributed by atoms with Crippen LogP contribution < -0.4 is 11.9 Å². The van der Waals surface area contributed by atoms with Gasteiger partial charge in [-0.05, 0) is 12.5 Å². The molecule has 8 heavy (non-hydrogen) atoms. The van der Waals surface area contributed by atoms with Gasteiger partial charge in [-0.3, -0.25) is 0 Å². The lowest BCUT2D eigenvalue weighted by atomic mass is 10.2. The fraction of sp³-hybridized carbons (Fsp3) is 0.333. The molecule has 48 valence electrons. The first-order chi connectivity index (χ1) is 3.35. The highest BCUT2D eigenvalue weighted by atomic mass is 14.5. The minimum absolute atomic E-state index is 0. The Morgan fingerprint density at radius 3 is 2.25 bits per heavy atom. The molecular formula is C6H14N2. The number of hydrogen-bond donors (Lipinski definition) is 2. The summed E-state index contributed by atoms with van der Waals surface area (Å²) in [6, 6.07) is 0. The average molecular weight is 114 g/mol. The van der Waals surface area contributed by atoms with Crippen LogP contribution in [0.1, 0.15) is 6.92 Å². The highest BCUT2D eigenvalue weighted by Gasteiger charge is 1.77. The highest BCUT2D eigenvalue weighted by Crippen LogP contribution is 1.88. The lowest BCUT2D eigenvalue weighted by Crippen LogP contribution is -1.99. The standard InChI is InChI=1S/C6H11N.H3N/c1-3-6(4-2)5-7;/h3-4H,1,5,7H2,2H3;1H3/b6-4+;. The molecule has 0 fully saturated rings. The summed E-state index contributed by atoms with van der Waals surface area (Å²) in [5.41, 5.74) is 6.35. The van der Waals surface area contributed by atoms with E-state index in [4.69, 9.17) is 5.73 Å². The Labute approximate surface area is 50.7 Å². The minimum Gasteiger partial charge on any atom is -0.344 e. The van der Waals surface area contributed by atoms with Crippen LogP contribution in [0.15, 0.2) is 24.3 Å². The Kier molecular flexibility index (Phi) is 8.32. The van der Waals surface area contributed by atoms with E-state index in [1.807, 2.05) is 13.0 Å². The summed E-state index contributed by atoms with van der Waals surface area (Å²) in [6.07, 6.45) is 3.72. The van der Waals surface area contributed by atoms with Gasteiger partial charge in [-0.1, -0.05) is 18.7 Å². The van der Waals surface area contributed by atoms with E-state index in [1.165, 1.54) is 0 Å². The van der Waals surface area contributed by atoms with Crippen molar-refractivity contribution in [3.05, 3.63) is 24.3 Å². The first-order valence-electron chi connectivity index (χ1n) is 2.32. The van der Waals surface area contributed by atoms with E-state index < -0.39 is 0 Å². The van der Waals surface area contributed by atoms with E-state index in [0.717, 1.165) is 5.57 Å². The Balaban J connectivity index is 0. The first-order valence-corrected chi connectivity index (χ1v) is 2.32. The summed E-state index contributed by atoms with van der Waals surface area (Å²) in [5.74, 6) is 0.